The lowest BCUT2D eigenvalue weighted by Gasteiger charge is -2.26. The summed E-state index contributed by atoms with van der Waals surface area (Å²) in [5, 5.41) is 7.72. The number of nitrogens with one attached hydrogen (secondary N) is 1. The van der Waals surface area contributed by atoms with E-state index in [4.69, 9.17) is 0 Å². The maximum Gasteiger partial charge on any atom is 0.0492 e. The molecular formula is C13H15N3. The number of fused-ring (bicyclic) bond motifs is 1. The number of aryl methyl sites for hydroxylation is 1. The van der Waals surface area contributed by atoms with Crippen LogP contribution in [0.3, 0.4) is 0 Å². The van der Waals surface area contributed by atoms with Crippen molar-refractivity contribution in [2.45, 2.75) is 12.5 Å². The van der Waals surface area contributed by atoms with Crippen LogP contribution >= 0.6 is 0 Å². The molecule has 3 nitrogen and oxygen atoms in total. The van der Waals surface area contributed by atoms with E-state index in [0.29, 0.717) is 5.92 Å². The maximum atomic E-state index is 4.25. The molecule has 1 N–H and O–H groups in total. The molecule has 0 amide bonds. The molecule has 1 atom stereocenters. The van der Waals surface area contributed by atoms with Gasteiger partial charge in [0, 0.05) is 37.9 Å². The third-order valence-electron chi connectivity index (χ3n) is 3.31. The van der Waals surface area contributed by atoms with E-state index >= 15 is 0 Å². The van der Waals surface area contributed by atoms with E-state index in [0.717, 1.165) is 13.1 Å². The van der Waals surface area contributed by atoms with Gasteiger partial charge in [0.1, 0.15) is 0 Å². The second-order valence-corrected chi connectivity index (χ2v) is 4.26. The zero-order chi connectivity index (χ0) is 11.0. The first kappa shape index (κ1) is 9.60. The summed E-state index contributed by atoms with van der Waals surface area (Å²) in [7, 11) is 2.01. The quantitative estimate of drug-likeness (QED) is 0.780. The largest absolute Gasteiger partial charge is 0.312 e. The fourth-order valence-corrected chi connectivity index (χ4v) is 2.49. The summed E-state index contributed by atoms with van der Waals surface area (Å²) in [6, 6.07) is 10.8. The standard InChI is InChI=1S/C13H15N3/c1-16-13(6-7-15-16)12-9-14-8-10-4-2-3-5-11(10)12/h2-7,12,14H,8-9H2,1H3/t12-/m0/s1. The Morgan fingerprint density at radius 2 is 2.19 bits per heavy atom. The number of hydrogen-bond donors (Lipinski definition) is 1. The van der Waals surface area contributed by atoms with Gasteiger partial charge in [-0.2, -0.15) is 5.10 Å². The molecular weight excluding hydrogens is 198 g/mol. The third kappa shape index (κ3) is 1.44. The van der Waals surface area contributed by atoms with Gasteiger partial charge in [-0.05, 0) is 17.2 Å². The highest BCUT2D eigenvalue weighted by Crippen LogP contribution is 2.29. The minimum atomic E-state index is 0.428. The molecule has 0 saturated heterocycles. The molecule has 3 heteroatoms. The molecule has 82 valence electrons. The first-order valence-corrected chi connectivity index (χ1v) is 5.62. The van der Waals surface area contributed by atoms with Gasteiger partial charge in [0.25, 0.3) is 0 Å². The van der Waals surface area contributed by atoms with E-state index in [-0.39, 0.29) is 0 Å². The molecule has 3 rings (SSSR count). The molecule has 2 heterocycles. The minimum Gasteiger partial charge on any atom is -0.312 e. The topological polar surface area (TPSA) is 29.9 Å². The van der Waals surface area contributed by atoms with Crippen LogP contribution in [0.4, 0.5) is 0 Å². The van der Waals surface area contributed by atoms with Crippen LogP contribution in [0.5, 0.6) is 0 Å². The smallest absolute Gasteiger partial charge is 0.0492 e. The van der Waals surface area contributed by atoms with Gasteiger partial charge in [-0.3, -0.25) is 4.68 Å². The van der Waals surface area contributed by atoms with Gasteiger partial charge < -0.3 is 5.32 Å². The predicted octanol–water partition coefficient (Wildman–Crippen LogP) is 1.66. The van der Waals surface area contributed by atoms with E-state index in [1.807, 2.05) is 17.9 Å². The van der Waals surface area contributed by atoms with Crippen molar-refractivity contribution in [3.8, 4) is 0 Å². The number of rotatable bonds is 1. The van der Waals surface area contributed by atoms with Crippen molar-refractivity contribution < 1.29 is 0 Å². The van der Waals surface area contributed by atoms with Crippen LogP contribution in [0.2, 0.25) is 0 Å². The molecule has 2 aromatic rings. The minimum absolute atomic E-state index is 0.428. The Labute approximate surface area is 95.1 Å². The molecule has 16 heavy (non-hydrogen) atoms. The number of benzene rings is 1. The SMILES string of the molecule is Cn1nccc1[C@H]1CNCc2ccccc21. The number of aromatic nitrogens is 2. The first-order valence-electron chi connectivity index (χ1n) is 5.62. The molecule has 0 bridgehead atoms. The van der Waals surface area contributed by atoms with Gasteiger partial charge in [0.05, 0.1) is 0 Å². The van der Waals surface area contributed by atoms with Crippen molar-refractivity contribution in [2.24, 2.45) is 7.05 Å². The summed E-state index contributed by atoms with van der Waals surface area (Å²) in [4.78, 5) is 0. The number of hydrogen-bond acceptors (Lipinski definition) is 2. The van der Waals surface area contributed by atoms with Crippen LogP contribution in [0.1, 0.15) is 22.7 Å². The van der Waals surface area contributed by atoms with E-state index in [1.54, 1.807) is 0 Å². The Morgan fingerprint density at radius 3 is 3.00 bits per heavy atom. The lowest BCUT2D eigenvalue weighted by Crippen LogP contribution is -2.29. The lowest BCUT2D eigenvalue weighted by atomic mass is 9.88. The molecule has 1 aliphatic rings. The summed E-state index contributed by atoms with van der Waals surface area (Å²) in [5.74, 6) is 0.428. The van der Waals surface area contributed by atoms with Crippen molar-refractivity contribution >= 4 is 0 Å². The molecule has 1 aromatic carbocycles. The van der Waals surface area contributed by atoms with Gasteiger partial charge >= 0.3 is 0 Å². The van der Waals surface area contributed by atoms with Gasteiger partial charge in [-0.15, -0.1) is 0 Å². The Balaban J connectivity index is 2.08. The Bertz CT molecular complexity index is 501. The molecule has 0 aliphatic carbocycles. The van der Waals surface area contributed by atoms with E-state index in [1.165, 1.54) is 16.8 Å². The van der Waals surface area contributed by atoms with Gasteiger partial charge in [0.2, 0.25) is 0 Å². The van der Waals surface area contributed by atoms with Gasteiger partial charge in [0.15, 0.2) is 0 Å². The predicted molar refractivity (Wildman–Crippen MR) is 63.2 cm³/mol. The van der Waals surface area contributed by atoms with Crippen molar-refractivity contribution in [3.05, 3.63) is 53.3 Å². The second-order valence-electron chi connectivity index (χ2n) is 4.26. The normalized spacial score (nSPS) is 19.4. The van der Waals surface area contributed by atoms with Crippen LogP contribution in [-0.4, -0.2) is 16.3 Å². The summed E-state index contributed by atoms with van der Waals surface area (Å²) >= 11 is 0. The summed E-state index contributed by atoms with van der Waals surface area (Å²) < 4.78 is 1.97. The highest BCUT2D eigenvalue weighted by atomic mass is 15.3. The average Bonchev–Trinajstić information content (AvgIpc) is 2.75. The van der Waals surface area contributed by atoms with Crippen LogP contribution in [-0.2, 0) is 13.6 Å². The Hall–Kier alpha value is -1.61. The third-order valence-corrected chi connectivity index (χ3v) is 3.31. The summed E-state index contributed by atoms with van der Waals surface area (Å²) in [6.07, 6.45) is 1.87. The van der Waals surface area contributed by atoms with E-state index < -0.39 is 0 Å². The average molecular weight is 213 g/mol. The molecule has 0 saturated carbocycles. The van der Waals surface area contributed by atoms with Crippen LogP contribution in [0.25, 0.3) is 0 Å². The second kappa shape index (κ2) is 3.76. The van der Waals surface area contributed by atoms with Crippen molar-refractivity contribution in [3.63, 3.8) is 0 Å². The highest BCUT2D eigenvalue weighted by molar-refractivity contribution is 5.37. The zero-order valence-electron chi connectivity index (χ0n) is 9.35. The Morgan fingerprint density at radius 1 is 1.31 bits per heavy atom. The maximum absolute atomic E-state index is 4.25. The van der Waals surface area contributed by atoms with Crippen LogP contribution in [0.15, 0.2) is 36.5 Å². The van der Waals surface area contributed by atoms with Crippen LogP contribution in [0, 0.1) is 0 Å². The summed E-state index contributed by atoms with van der Waals surface area (Å²) in [5.41, 5.74) is 4.12. The molecule has 0 fully saturated rings. The monoisotopic (exact) mass is 213 g/mol. The van der Waals surface area contributed by atoms with E-state index in [9.17, 15) is 0 Å². The summed E-state index contributed by atoms with van der Waals surface area (Å²) in [6.45, 7) is 1.97. The fraction of sp³-hybridized carbons (Fsp3) is 0.308. The molecule has 1 aromatic heterocycles. The van der Waals surface area contributed by atoms with Crippen molar-refractivity contribution in [1.29, 1.82) is 0 Å². The lowest BCUT2D eigenvalue weighted by molar-refractivity contribution is 0.557. The number of nitrogens with zero attached hydrogens (tertiary/aromatic N) is 2. The fourth-order valence-electron chi connectivity index (χ4n) is 2.49. The molecule has 1 aliphatic heterocycles. The van der Waals surface area contributed by atoms with Crippen molar-refractivity contribution in [1.82, 2.24) is 15.1 Å². The van der Waals surface area contributed by atoms with Gasteiger partial charge in [-0.1, -0.05) is 24.3 Å². The van der Waals surface area contributed by atoms with E-state index in [2.05, 4.69) is 40.7 Å². The Kier molecular flexibility index (Phi) is 2.26. The molecule has 0 unspecified atom stereocenters. The first-order chi connectivity index (χ1) is 7.86. The zero-order valence-corrected chi connectivity index (χ0v) is 9.35. The highest BCUT2D eigenvalue weighted by Gasteiger charge is 2.22. The molecule has 0 radical (unpaired) electrons. The van der Waals surface area contributed by atoms with Crippen molar-refractivity contribution in [2.75, 3.05) is 6.54 Å². The van der Waals surface area contributed by atoms with Crippen LogP contribution < -0.4 is 5.32 Å². The molecule has 0 spiro atoms. The van der Waals surface area contributed by atoms with Gasteiger partial charge in [-0.25, -0.2) is 0 Å².